The van der Waals surface area contributed by atoms with Crippen LogP contribution in [0.3, 0.4) is 0 Å². The van der Waals surface area contributed by atoms with Crippen molar-refractivity contribution in [1.82, 2.24) is 10.6 Å². The summed E-state index contributed by atoms with van der Waals surface area (Å²) >= 11 is 1.66. The summed E-state index contributed by atoms with van der Waals surface area (Å²) in [5, 5.41) is 15.0. The van der Waals surface area contributed by atoms with E-state index in [1.54, 1.807) is 43.1 Å². The van der Waals surface area contributed by atoms with E-state index >= 15 is 0 Å². The summed E-state index contributed by atoms with van der Waals surface area (Å²) in [7, 11) is 1.65. The number of nitrogens with zero attached hydrogens (tertiary/aromatic N) is 2. The summed E-state index contributed by atoms with van der Waals surface area (Å²) in [4.78, 5) is 5.14. The number of thioether (sulfide) groups is 1. The predicted molar refractivity (Wildman–Crippen MR) is 116 cm³/mol. The van der Waals surface area contributed by atoms with Gasteiger partial charge in [-0.15, -0.1) is 35.7 Å². The maximum absolute atomic E-state index is 13.9. The van der Waals surface area contributed by atoms with Crippen LogP contribution in [0.15, 0.2) is 52.4 Å². The smallest absolute Gasteiger partial charge is 0.191 e. The molecule has 0 unspecified atom stereocenters. The molecule has 0 saturated heterocycles. The zero-order valence-electron chi connectivity index (χ0n) is 14.8. The molecule has 27 heavy (non-hydrogen) atoms. The Kier molecular flexibility index (Phi) is 10.7. The normalized spacial score (nSPS) is 10.7. The molecule has 0 fully saturated rings. The van der Waals surface area contributed by atoms with Crippen LogP contribution in [-0.4, -0.2) is 25.3 Å². The molecule has 0 spiro atoms. The third kappa shape index (κ3) is 8.13. The maximum Gasteiger partial charge on any atom is 0.191 e. The maximum atomic E-state index is 13.9. The van der Waals surface area contributed by atoms with Crippen LogP contribution in [0.2, 0.25) is 0 Å². The highest BCUT2D eigenvalue weighted by Gasteiger charge is 2.05. The summed E-state index contributed by atoms with van der Waals surface area (Å²) in [6.45, 7) is 0.991. The van der Waals surface area contributed by atoms with Gasteiger partial charge in [0.1, 0.15) is 11.6 Å². The van der Waals surface area contributed by atoms with Gasteiger partial charge in [-0.05, 0) is 48.6 Å². The number of hydrogen-bond acceptors (Lipinski definition) is 3. The monoisotopic (exact) mass is 502 g/mol. The highest BCUT2D eigenvalue weighted by Crippen LogP contribution is 2.18. The molecule has 0 radical (unpaired) electrons. The van der Waals surface area contributed by atoms with Crippen LogP contribution >= 0.6 is 35.7 Å². The van der Waals surface area contributed by atoms with Crippen LogP contribution in [-0.2, 0) is 6.54 Å². The second kappa shape index (κ2) is 12.5. The number of nitrogens with one attached hydrogen (secondary N) is 2. The van der Waals surface area contributed by atoms with Crippen LogP contribution < -0.4 is 10.6 Å². The second-order valence-electron chi connectivity index (χ2n) is 5.43. The lowest BCUT2D eigenvalue weighted by Crippen LogP contribution is -2.37. The molecule has 0 aromatic heterocycles. The number of benzene rings is 2. The molecule has 0 aliphatic carbocycles. The Labute approximate surface area is 179 Å². The number of nitriles is 1. The van der Waals surface area contributed by atoms with Gasteiger partial charge < -0.3 is 10.6 Å². The number of aliphatic imine (C=N–C) groups is 1. The summed E-state index contributed by atoms with van der Waals surface area (Å²) in [5.74, 6) is 0.827. The Morgan fingerprint density at radius 1 is 1.15 bits per heavy atom. The topological polar surface area (TPSA) is 60.2 Å². The minimum absolute atomic E-state index is 0. The van der Waals surface area contributed by atoms with Gasteiger partial charge in [0.25, 0.3) is 0 Å². The van der Waals surface area contributed by atoms with E-state index in [1.165, 1.54) is 18.2 Å². The first-order valence-corrected chi connectivity index (χ1v) is 9.12. The van der Waals surface area contributed by atoms with E-state index in [0.29, 0.717) is 23.6 Å². The highest BCUT2D eigenvalue weighted by molar-refractivity contribution is 14.0. The zero-order valence-corrected chi connectivity index (χ0v) is 18.0. The highest BCUT2D eigenvalue weighted by atomic mass is 127. The third-order valence-electron chi connectivity index (χ3n) is 3.55. The van der Waals surface area contributed by atoms with Crippen LogP contribution in [0.25, 0.3) is 0 Å². The van der Waals surface area contributed by atoms with E-state index in [-0.39, 0.29) is 36.3 Å². The molecule has 0 saturated carbocycles. The van der Waals surface area contributed by atoms with E-state index in [2.05, 4.69) is 15.6 Å². The molecule has 0 atom stereocenters. The fourth-order valence-corrected chi connectivity index (χ4v) is 3.01. The molecule has 8 heteroatoms. The zero-order chi connectivity index (χ0) is 18.8. The number of rotatable bonds is 7. The van der Waals surface area contributed by atoms with Crippen molar-refractivity contribution < 1.29 is 8.78 Å². The van der Waals surface area contributed by atoms with Gasteiger partial charge >= 0.3 is 0 Å². The Morgan fingerprint density at radius 2 is 1.89 bits per heavy atom. The van der Waals surface area contributed by atoms with Crippen LogP contribution in [0.1, 0.15) is 17.5 Å². The first-order chi connectivity index (χ1) is 12.6. The number of hydrogen-bond donors (Lipinski definition) is 2. The molecular weight excluding hydrogens is 481 g/mol. The molecule has 0 amide bonds. The van der Waals surface area contributed by atoms with Crippen LogP contribution in [0, 0.1) is 23.0 Å². The van der Waals surface area contributed by atoms with Crippen molar-refractivity contribution >= 4 is 41.7 Å². The van der Waals surface area contributed by atoms with Gasteiger partial charge in [-0.3, -0.25) is 4.99 Å². The summed E-state index contributed by atoms with van der Waals surface area (Å²) in [6, 6.07) is 12.7. The molecular formula is C19H21F2IN4S. The van der Waals surface area contributed by atoms with Gasteiger partial charge in [-0.2, -0.15) is 5.26 Å². The Morgan fingerprint density at radius 3 is 2.52 bits per heavy atom. The Balaban J connectivity index is 0.00000364. The summed E-state index contributed by atoms with van der Waals surface area (Å²) in [6.07, 6.45) is 0.897. The molecule has 0 bridgehead atoms. The van der Waals surface area contributed by atoms with E-state index in [1.807, 2.05) is 6.07 Å². The van der Waals surface area contributed by atoms with Crippen molar-refractivity contribution in [1.29, 1.82) is 5.26 Å². The van der Waals surface area contributed by atoms with E-state index in [9.17, 15) is 8.78 Å². The standard InChI is InChI=1S/C19H20F2N4S.HI/c1-23-19(25-13-15-4-3-14(12-22)11-18(15)21)24-9-2-10-26-17-7-5-16(20)6-8-17;/h3-8,11H,2,9-10,13H2,1H3,(H2,23,24,25);1H. The Bertz CT molecular complexity index is 791. The predicted octanol–water partition coefficient (Wildman–Crippen LogP) is 4.30. The van der Waals surface area contributed by atoms with Gasteiger partial charge in [0.2, 0.25) is 0 Å². The first kappa shape index (κ1) is 23.2. The molecule has 2 N–H and O–H groups in total. The molecule has 2 rings (SSSR count). The lowest BCUT2D eigenvalue weighted by atomic mass is 10.1. The van der Waals surface area contributed by atoms with E-state index in [0.717, 1.165) is 17.1 Å². The third-order valence-corrected chi connectivity index (χ3v) is 4.65. The van der Waals surface area contributed by atoms with Gasteiger partial charge in [0.15, 0.2) is 5.96 Å². The fraction of sp³-hybridized carbons (Fsp3) is 0.263. The van der Waals surface area contributed by atoms with Crippen molar-refractivity contribution in [2.45, 2.75) is 17.9 Å². The van der Waals surface area contributed by atoms with Gasteiger partial charge in [-0.25, -0.2) is 8.78 Å². The summed E-state index contributed by atoms with van der Waals surface area (Å²) < 4.78 is 26.7. The molecule has 0 aliphatic rings. The number of halogens is 3. The van der Waals surface area contributed by atoms with Gasteiger partial charge in [-0.1, -0.05) is 6.07 Å². The minimum Gasteiger partial charge on any atom is -0.356 e. The summed E-state index contributed by atoms with van der Waals surface area (Å²) in [5.41, 5.74) is 0.770. The minimum atomic E-state index is -0.414. The average molecular weight is 502 g/mol. The second-order valence-corrected chi connectivity index (χ2v) is 6.59. The molecule has 0 heterocycles. The van der Waals surface area contributed by atoms with Crippen molar-refractivity contribution in [2.24, 2.45) is 4.99 Å². The average Bonchev–Trinajstić information content (AvgIpc) is 2.66. The molecule has 4 nitrogen and oxygen atoms in total. The van der Waals surface area contributed by atoms with Gasteiger partial charge in [0.05, 0.1) is 11.6 Å². The van der Waals surface area contributed by atoms with E-state index in [4.69, 9.17) is 5.26 Å². The van der Waals surface area contributed by atoms with Crippen LogP contribution in [0.4, 0.5) is 8.78 Å². The molecule has 144 valence electrons. The largest absolute Gasteiger partial charge is 0.356 e. The molecule has 0 aliphatic heterocycles. The van der Waals surface area contributed by atoms with E-state index < -0.39 is 5.82 Å². The molecule has 2 aromatic rings. The number of guanidine groups is 1. The van der Waals surface area contributed by atoms with Crippen LogP contribution in [0.5, 0.6) is 0 Å². The first-order valence-electron chi connectivity index (χ1n) is 8.14. The van der Waals surface area contributed by atoms with Crippen molar-refractivity contribution in [3.63, 3.8) is 0 Å². The lowest BCUT2D eigenvalue weighted by Gasteiger charge is -2.12. The van der Waals surface area contributed by atoms with Gasteiger partial charge in [0, 0.05) is 30.6 Å². The quantitative estimate of drug-likeness (QED) is 0.195. The fourth-order valence-electron chi connectivity index (χ4n) is 2.16. The SMILES string of the molecule is CN=C(NCCCSc1ccc(F)cc1)NCc1ccc(C#N)cc1F.I. The lowest BCUT2D eigenvalue weighted by molar-refractivity contribution is 0.604. The molecule has 2 aromatic carbocycles. The van der Waals surface area contributed by atoms with Crippen molar-refractivity contribution in [2.75, 3.05) is 19.3 Å². The van der Waals surface area contributed by atoms with Crippen molar-refractivity contribution in [3.8, 4) is 6.07 Å². The Hall–Kier alpha value is -1.86. The van der Waals surface area contributed by atoms with Crippen molar-refractivity contribution in [3.05, 3.63) is 65.2 Å².